The third kappa shape index (κ3) is 5.09. The molecule has 0 saturated heterocycles. The van der Waals surface area contributed by atoms with E-state index in [1.807, 2.05) is 32.0 Å². The van der Waals surface area contributed by atoms with Crippen LogP contribution in [0, 0.1) is 0 Å². The van der Waals surface area contributed by atoms with Gasteiger partial charge in [-0.2, -0.15) is 13.2 Å². The number of anilines is 1. The zero-order valence-corrected chi connectivity index (χ0v) is 18.8. The zero-order valence-electron chi connectivity index (χ0n) is 18.0. The van der Waals surface area contributed by atoms with Crippen LogP contribution >= 0.6 is 11.3 Å². The molecule has 1 atom stereocenters. The molecule has 0 spiro atoms. The number of hydrogen-bond donors (Lipinski definition) is 3. The van der Waals surface area contributed by atoms with Crippen LogP contribution in [-0.2, 0) is 12.6 Å². The van der Waals surface area contributed by atoms with Crippen molar-refractivity contribution in [2.45, 2.75) is 38.5 Å². The summed E-state index contributed by atoms with van der Waals surface area (Å²) < 4.78 is 39.7. The van der Waals surface area contributed by atoms with E-state index in [2.05, 4.69) is 20.5 Å². The van der Waals surface area contributed by atoms with Crippen molar-refractivity contribution in [2.75, 3.05) is 11.9 Å². The number of fused-ring (bicyclic) bond motifs is 1. The van der Waals surface area contributed by atoms with Gasteiger partial charge in [0, 0.05) is 24.2 Å². The summed E-state index contributed by atoms with van der Waals surface area (Å²) in [5, 5.41) is 12.8. The molecular formula is C22H23F3N6OS. The first-order chi connectivity index (χ1) is 15.6. The highest BCUT2D eigenvalue weighted by atomic mass is 32.1. The van der Waals surface area contributed by atoms with Gasteiger partial charge in [0.25, 0.3) is 0 Å². The monoisotopic (exact) mass is 476 g/mol. The van der Waals surface area contributed by atoms with Crippen LogP contribution in [0.5, 0.6) is 0 Å². The summed E-state index contributed by atoms with van der Waals surface area (Å²) in [7, 11) is 0. The Hall–Kier alpha value is -3.18. The summed E-state index contributed by atoms with van der Waals surface area (Å²) in [5.74, 6) is 0. The Bertz CT molecular complexity index is 1310. The molecule has 2 aromatic heterocycles. The number of H-pyrrole nitrogens is 1. The van der Waals surface area contributed by atoms with Crippen molar-refractivity contribution in [1.29, 1.82) is 0 Å². The lowest BCUT2D eigenvalue weighted by molar-refractivity contribution is -0.137. The fourth-order valence-electron chi connectivity index (χ4n) is 3.60. The molecule has 11 heteroatoms. The number of halogens is 3. The van der Waals surface area contributed by atoms with Gasteiger partial charge in [0.05, 0.1) is 16.6 Å². The lowest BCUT2D eigenvalue weighted by atomic mass is 10.0. The van der Waals surface area contributed by atoms with Crippen LogP contribution in [-0.4, -0.2) is 32.3 Å². The summed E-state index contributed by atoms with van der Waals surface area (Å²) in [5.41, 5.74) is 8.44. The third-order valence-corrected chi connectivity index (χ3v) is 6.13. The van der Waals surface area contributed by atoms with E-state index in [-0.39, 0.29) is 17.8 Å². The smallest absolute Gasteiger partial charge is 0.359 e. The fraction of sp³-hybridized carbons (Fsp3) is 0.318. The number of nitrogens with two attached hydrogens (primary N) is 1. The van der Waals surface area contributed by atoms with E-state index in [1.165, 1.54) is 23.5 Å². The van der Waals surface area contributed by atoms with Crippen molar-refractivity contribution in [3.8, 4) is 10.6 Å². The van der Waals surface area contributed by atoms with Gasteiger partial charge < -0.3 is 16.0 Å². The molecule has 0 aliphatic rings. The first-order valence-electron chi connectivity index (χ1n) is 10.4. The first-order valence-corrected chi connectivity index (χ1v) is 11.2. The van der Waals surface area contributed by atoms with Crippen LogP contribution < -0.4 is 16.7 Å². The van der Waals surface area contributed by atoms with Gasteiger partial charge >= 0.3 is 11.9 Å². The van der Waals surface area contributed by atoms with E-state index >= 15 is 0 Å². The van der Waals surface area contributed by atoms with Gasteiger partial charge in [0.15, 0.2) is 0 Å². The van der Waals surface area contributed by atoms with E-state index in [1.54, 1.807) is 4.57 Å². The SMILES string of the molecule is CC(C)n1c(=O)[nH]c2ccc(-c3nnc(NC[C@@H](N)Cc4ccc(C(F)(F)F)cc4)s3)cc21. The Morgan fingerprint density at radius 2 is 1.88 bits per heavy atom. The zero-order chi connectivity index (χ0) is 23.8. The maximum atomic E-state index is 12.7. The Morgan fingerprint density at radius 3 is 2.55 bits per heavy atom. The minimum absolute atomic E-state index is 0.0132. The van der Waals surface area contributed by atoms with Crippen molar-refractivity contribution < 1.29 is 13.2 Å². The maximum absolute atomic E-state index is 12.7. The third-order valence-electron chi connectivity index (χ3n) is 5.20. The number of rotatable bonds is 7. The highest BCUT2D eigenvalue weighted by Gasteiger charge is 2.29. The number of benzene rings is 2. The molecule has 0 aliphatic carbocycles. The number of aromatic amines is 1. The molecule has 33 heavy (non-hydrogen) atoms. The van der Waals surface area contributed by atoms with Crippen LogP contribution in [0.3, 0.4) is 0 Å². The standard InChI is InChI=1S/C22H23F3N6OS/c1-12(2)31-18-10-14(5-8-17(18)28-21(31)32)19-29-30-20(33-19)27-11-16(26)9-13-3-6-15(7-4-13)22(23,24)25/h3-8,10,12,16H,9,11,26H2,1-2H3,(H,27,30)(H,28,32)/t16-/m0/s1. The topological polar surface area (TPSA) is 102 Å². The number of aromatic nitrogens is 4. The van der Waals surface area contributed by atoms with Crippen molar-refractivity contribution in [2.24, 2.45) is 5.73 Å². The predicted octanol–water partition coefficient (Wildman–Crippen LogP) is 4.43. The fourth-order valence-corrected chi connectivity index (χ4v) is 4.35. The summed E-state index contributed by atoms with van der Waals surface area (Å²) in [6.45, 7) is 4.28. The van der Waals surface area contributed by atoms with Crippen LogP contribution in [0.1, 0.15) is 31.0 Å². The molecule has 174 valence electrons. The molecule has 7 nitrogen and oxygen atoms in total. The number of hydrogen-bond acceptors (Lipinski definition) is 6. The predicted molar refractivity (Wildman–Crippen MR) is 123 cm³/mol. The van der Waals surface area contributed by atoms with Crippen LogP contribution in [0.4, 0.5) is 18.3 Å². The normalized spacial score (nSPS) is 13.1. The number of nitrogens with one attached hydrogen (secondary N) is 2. The lowest BCUT2D eigenvalue weighted by Crippen LogP contribution is -2.31. The Labute approximate surface area is 191 Å². The van der Waals surface area contributed by atoms with Gasteiger partial charge in [-0.25, -0.2) is 4.79 Å². The van der Waals surface area contributed by atoms with E-state index < -0.39 is 11.7 Å². The number of alkyl halides is 3. The van der Waals surface area contributed by atoms with Gasteiger partial charge in [0.2, 0.25) is 5.13 Å². The van der Waals surface area contributed by atoms with Crippen molar-refractivity contribution in [3.63, 3.8) is 0 Å². The van der Waals surface area contributed by atoms with Crippen LogP contribution in [0.25, 0.3) is 21.6 Å². The minimum Gasteiger partial charge on any atom is -0.359 e. The largest absolute Gasteiger partial charge is 0.416 e. The molecule has 4 aromatic rings. The van der Waals surface area contributed by atoms with E-state index in [0.717, 1.165) is 34.3 Å². The van der Waals surface area contributed by atoms with Gasteiger partial charge in [-0.1, -0.05) is 23.5 Å². The number of imidazole rings is 1. The number of nitrogens with zero attached hydrogens (tertiary/aromatic N) is 3. The Kier molecular flexibility index (Phi) is 6.26. The van der Waals surface area contributed by atoms with Crippen molar-refractivity contribution >= 4 is 27.5 Å². The molecule has 2 aromatic carbocycles. The minimum atomic E-state index is -4.35. The van der Waals surface area contributed by atoms with E-state index in [0.29, 0.717) is 23.1 Å². The quantitative estimate of drug-likeness (QED) is 0.366. The molecule has 4 rings (SSSR count). The molecule has 0 saturated carbocycles. The Balaban J connectivity index is 1.41. The molecule has 0 amide bonds. The second-order valence-electron chi connectivity index (χ2n) is 8.08. The van der Waals surface area contributed by atoms with Gasteiger partial charge in [-0.05, 0) is 56.2 Å². The summed E-state index contributed by atoms with van der Waals surface area (Å²) in [4.78, 5) is 15.0. The molecule has 0 aliphatic heterocycles. The average Bonchev–Trinajstić information content (AvgIpc) is 3.35. The van der Waals surface area contributed by atoms with E-state index in [4.69, 9.17) is 5.73 Å². The summed E-state index contributed by atoms with van der Waals surface area (Å²) >= 11 is 1.36. The van der Waals surface area contributed by atoms with Gasteiger partial charge in [-0.3, -0.25) is 4.57 Å². The second-order valence-corrected chi connectivity index (χ2v) is 9.06. The molecule has 0 bridgehead atoms. The highest BCUT2D eigenvalue weighted by Crippen LogP contribution is 2.30. The van der Waals surface area contributed by atoms with Crippen molar-refractivity contribution in [1.82, 2.24) is 19.7 Å². The molecule has 4 N–H and O–H groups in total. The molecular weight excluding hydrogens is 453 g/mol. The van der Waals surface area contributed by atoms with Crippen LogP contribution in [0.2, 0.25) is 0 Å². The average molecular weight is 477 g/mol. The Morgan fingerprint density at radius 1 is 1.15 bits per heavy atom. The maximum Gasteiger partial charge on any atom is 0.416 e. The molecule has 2 heterocycles. The molecule has 0 fully saturated rings. The molecule has 0 unspecified atom stereocenters. The summed E-state index contributed by atoms with van der Waals surface area (Å²) in [6.07, 6.45) is -3.93. The second kappa shape index (κ2) is 8.99. The van der Waals surface area contributed by atoms with Crippen molar-refractivity contribution in [3.05, 3.63) is 64.1 Å². The van der Waals surface area contributed by atoms with Crippen LogP contribution in [0.15, 0.2) is 47.3 Å². The first kappa shape index (κ1) is 23.0. The molecule has 0 radical (unpaired) electrons. The van der Waals surface area contributed by atoms with E-state index in [9.17, 15) is 18.0 Å². The lowest BCUT2D eigenvalue weighted by Gasteiger charge is -2.13. The summed E-state index contributed by atoms with van der Waals surface area (Å²) in [6, 6.07) is 10.3. The van der Waals surface area contributed by atoms with Gasteiger partial charge in [0.1, 0.15) is 5.01 Å². The highest BCUT2D eigenvalue weighted by molar-refractivity contribution is 7.18. The van der Waals surface area contributed by atoms with Gasteiger partial charge in [-0.15, -0.1) is 10.2 Å².